The van der Waals surface area contributed by atoms with E-state index in [9.17, 15) is 9.59 Å². The molecule has 0 saturated carbocycles. The first kappa shape index (κ1) is 17.8. The van der Waals surface area contributed by atoms with Crippen LogP contribution in [0.15, 0.2) is 42.7 Å². The molecule has 2 amide bonds. The highest BCUT2D eigenvalue weighted by molar-refractivity contribution is 7.17. The minimum atomic E-state index is -0.163. The van der Waals surface area contributed by atoms with Gasteiger partial charge >= 0.3 is 0 Å². The number of halogens is 1. The van der Waals surface area contributed by atoms with Gasteiger partial charge in [-0.05, 0) is 30.3 Å². The SMILES string of the molecule is O=C(C=Cc1ccc(Cl)s1)N1CCN(Cc2cc3cnccc3[nH]2)C(=O)C1. The predicted molar refractivity (Wildman–Crippen MR) is 106 cm³/mol. The fourth-order valence-electron chi connectivity index (χ4n) is 3.06. The highest BCUT2D eigenvalue weighted by Gasteiger charge is 2.26. The molecule has 1 saturated heterocycles. The van der Waals surface area contributed by atoms with Crippen molar-refractivity contribution >= 4 is 51.7 Å². The van der Waals surface area contributed by atoms with E-state index in [0.717, 1.165) is 21.5 Å². The van der Waals surface area contributed by atoms with Gasteiger partial charge in [0.2, 0.25) is 11.8 Å². The molecule has 3 aromatic rings. The second-order valence-electron chi connectivity index (χ2n) is 6.31. The van der Waals surface area contributed by atoms with Crippen LogP contribution in [-0.2, 0) is 16.1 Å². The van der Waals surface area contributed by atoms with Gasteiger partial charge in [-0.2, -0.15) is 0 Å². The molecule has 4 heterocycles. The molecule has 0 spiro atoms. The molecule has 0 atom stereocenters. The average Bonchev–Trinajstić information content (AvgIpc) is 3.26. The van der Waals surface area contributed by atoms with Crippen LogP contribution in [-0.4, -0.2) is 51.2 Å². The van der Waals surface area contributed by atoms with Crippen molar-refractivity contribution in [3.8, 4) is 0 Å². The molecular formula is C19H17ClN4O2S. The van der Waals surface area contributed by atoms with E-state index in [2.05, 4.69) is 9.97 Å². The molecule has 3 aromatic heterocycles. The van der Waals surface area contributed by atoms with Gasteiger partial charge in [-0.15, -0.1) is 11.3 Å². The number of rotatable bonds is 4. The zero-order valence-electron chi connectivity index (χ0n) is 14.4. The van der Waals surface area contributed by atoms with E-state index in [1.165, 1.54) is 17.4 Å². The molecule has 1 aliphatic heterocycles. The molecule has 0 unspecified atom stereocenters. The number of thiophene rings is 1. The van der Waals surface area contributed by atoms with Crippen LogP contribution in [0.1, 0.15) is 10.6 Å². The highest BCUT2D eigenvalue weighted by atomic mass is 35.5. The van der Waals surface area contributed by atoms with Gasteiger partial charge in [0.05, 0.1) is 10.9 Å². The van der Waals surface area contributed by atoms with Crippen LogP contribution in [0.4, 0.5) is 0 Å². The number of amides is 2. The van der Waals surface area contributed by atoms with Gasteiger partial charge in [-0.1, -0.05) is 11.6 Å². The van der Waals surface area contributed by atoms with E-state index in [1.54, 1.807) is 34.3 Å². The summed E-state index contributed by atoms with van der Waals surface area (Å²) in [5, 5.41) is 1.02. The van der Waals surface area contributed by atoms with Crippen LogP contribution in [0.5, 0.6) is 0 Å². The normalized spacial score (nSPS) is 15.2. The molecule has 0 aliphatic carbocycles. The van der Waals surface area contributed by atoms with Crippen LogP contribution >= 0.6 is 22.9 Å². The molecule has 1 fully saturated rings. The van der Waals surface area contributed by atoms with Crippen molar-refractivity contribution in [1.82, 2.24) is 19.8 Å². The zero-order chi connectivity index (χ0) is 18.8. The fraction of sp³-hybridized carbons (Fsp3) is 0.211. The third-order valence-electron chi connectivity index (χ3n) is 4.45. The molecule has 1 aliphatic rings. The Kier molecular flexibility index (Phi) is 4.96. The standard InChI is InChI=1S/C19H17ClN4O2S/c20-17-3-1-15(27-17)2-4-18(25)24-8-7-23(19(26)12-24)11-14-9-13-10-21-6-5-16(13)22-14/h1-6,9-10,22H,7-8,11-12H2. The van der Waals surface area contributed by atoms with Gasteiger partial charge in [0.25, 0.3) is 0 Å². The van der Waals surface area contributed by atoms with Crippen molar-refractivity contribution in [2.75, 3.05) is 19.6 Å². The summed E-state index contributed by atoms with van der Waals surface area (Å²) in [5.74, 6) is -0.219. The summed E-state index contributed by atoms with van der Waals surface area (Å²) < 4.78 is 0.679. The molecule has 1 N–H and O–H groups in total. The lowest BCUT2D eigenvalue weighted by Crippen LogP contribution is -2.51. The van der Waals surface area contributed by atoms with Crippen molar-refractivity contribution in [2.45, 2.75) is 6.54 Å². The summed E-state index contributed by atoms with van der Waals surface area (Å²) >= 11 is 7.29. The number of hydrogen-bond donors (Lipinski definition) is 1. The highest BCUT2D eigenvalue weighted by Crippen LogP contribution is 2.22. The molecule has 138 valence electrons. The lowest BCUT2D eigenvalue weighted by atomic mass is 10.2. The Morgan fingerprint density at radius 1 is 1.33 bits per heavy atom. The van der Waals surface area contributed by atoms with E-state index in [1.807, 2.05) is 18.2 Å². The van der Waals surface area contributed by atoms with Crippen molar-refractivity contribution in [2.24, 2.45) is 0 Å². The molecule has 8 heteroatoms. The number of H-pyrrole nitrogens is 1. The number of carbonyl (C=O) groups excluding carboxylic acids is 2. The molecule has 0 aromatic carbocycles. The second kappa shape index (κ2) is 7.54. The van der Waals surface area contributed by atoms with Crippen molar-refractivity contribution < 1.29 is 9.59 Å². The van der Waals surface area contributed by atoms with Gasteiger partial charge in [0.1, 0.15) is 6.54 Å². The lowest BCUT2D eigenvalue weighted by molar-refractivity contribution is -0.143. The summed E-state index contributed by atoms with van der Waals surface area (Å²) in [6.45, 7) is 1.62. The summed E-state index contributed by atoms with van der Waals surface area (Å²) in [6, 6.07) is 7.56. The molecular weight excluding hydrogens is 384 g/mol. The molecule has 4 rings (SSSR count). The average molecular weight is 401 g/mol. The first-order valence-corrected chi connectivity index (χ1v) is 9.69. The number of aromatic nitrogens is 2. The van der Waals surface area contributed by atoms with Gasteiger partial charge in [0.15, 0.2) is 0 Å². The van der Waals surface area contributed by atoms with Crippen LogP contribution in [0.2, 0.25) is 4.34 Å². The Labute approximate surface area is 165 Å². The monoisotopic (exact) mass is 400 g/mol. The second-order valence-corrected chi connectivity index (χ2v) is 8.05. The Bertz CT molecular complexity index is 993. The van der Waals surface area contributed by atoms with E-state index in [0.29, 0.717) is 24.0 Å². The van der Waals surface area contributed by atoms with Crippen molar-refractivity contribution in [3.63, 3.8) is 0 Å². The van der Waals surface area contributed by atoms with Gasteiger partial charge in [-0.25, -0.2) is 0 Å². The number of fused-ring (bicyclic) bond motifs is 1. The van der Waals surface area contributed by atoms with Crippen LogP contribution < -0.4 is 0 Å². The van der Waals surface area contributed by atoms with Gasteiger partial charge < -0.3 is 14.8 Å². The largest absolute Gasteiger partial charge is 0.357 e. The van der Waals surface area contributed by atoms with Gasteiger partial charge in [0, 0.05) is 53.0 Å². The maximum absolute atomic E-state index is 12.5. The summed E-state index contributed by atoms with van der Waals surface area (Å²) in [5.41, 5.74) is 1.96. The molecule has 0 radical (unpaired) electrons. The molecule has 0 bridgehead atoms. The number of nitrogens with one attached hydrogen (secondary N) is 1. The maximum Gasteiger partial charge on any atom is 0.247 e. The Morgan fingerprint density at radius 3 is 2.96 bits per heavy atom. The molecule has 6 nitrogen and oxygen atoms in total. The van der Waals surface area contributed by atoms with Crippen molar-refractivity contribution in [1.29, 1.82) is 0 Å². The quantitative estimate of drug-likeness (QED) is 0.684. The summed E-state index contributed by atoms with van der Waals surface area (Å²) in [4.78, 5) is 36.5. The van der Waals surface area contributed by atoms with E-state index in [4.69, 9.17) is 11.6 Å². The molecule has 27 heavy (non-hydrogen) atoms. The van der Waals surface area contributed by atoms with Gasteiger partial charge in [-0.3, -0.25) is 14.6 Å². The first-order valence-electron chi connectivity index (χ1n) is 8.50. The number of aromatic amines is 1. The van der Waals surface area contributed by atoms with E-state index < -0.39 is 0 Å². The topological polar surface area (TPSA) is 69.3 Å². The Morgan fingerprint density at radius 2 is 2.22 bits per heavy atom. The first-order chi connectivity index (χ1) is 13.1. The smallest absolute Gasteiger partial charge is 0.247 e. The fourth-order valence-corrected chi connectivity index (χ4v) is 4.03. The van der Waals surface area contributed by atoms with Crippen molar-refractivity contribution in [3.05, 3.63) is 57.6 Å². The number of hydrogen-bond acceptors (Lipinski definition) is 4. The third kappa shape index (κ3) is 4.04. The Balaban J connectivity index is 1.36. The zero-order valence-corrected chi connectivity index (χ0v) is 16.0. The minimum absolute atomic E-state index is 0.0565. The number of carbonyl (C=O) groups is 2. The third-order valence-corrected chi connectivity index (χ3v) is 5.65. The summed E-state index contributed by atoms with van der Waals surface area (Å²) in [6.07, 6.45) is 6.75. The Hall–Kier alpha value is -2.64. The number of piperazine rings is 1. The number of pyridine rings is 1. The van der Waals surface area contributed by atoms with Crippen LogP contribution in [0.3, 0.4) is 0 Å². The summed E-state index contributed by atoms with van der Waals surface area (Å²) in [7, 11) is 0. The van der Waals surface area contributed by atoms with Crippen LogP contribution in [0.25, 0.3) is 17.0 Å². The van der Waals surface area contributed by atoms with E-state index in [-0.39, 0.29) is 18.4 Å². The number of nitrogens with zero attached hydrogens (tertiary/aromatic N) is 3. The lowest BCUT2D eigenvalue weighted by Gasteiger charge is -2.33. The maximum atomic E-state index is 12.5. The minimum Gasteiger partial charge on any atom is -0.357 e. The van der Waals surface area contributed by atoms with Crippen LogP contribution in [0, 0.1) is 0 Å². The predicted octanol–water partition coefficient (Wildman–Crippen LogP) is 3.16. The van der Waals surface area contributed by atoms with E-state index >= 15 is 0 Å².